The Labute approximate surface area is 213 Å². The summed E-state index contributed by atoms with van der Waals surface area (Å²) in [4.78, 5) is 12.8. The van der Waals surface area contributed by atoms with E-state index in [0.717, 1.165) is 51.4 Å². The van der Waals surface area contributed by atoms with Crippen LogP contribution in [0.25, 0.3) is 0 Å². The maximum Gasteiger partial charge on any atom is 0.310 e. The van der Waals surface area contributed by atoms with Crippen molar-refractivity contribution in [3.63, 3.8) is 0 Å². The number of carbonyl (C=O) groups is 1. The molecule has 198 valence electrons. The van der Waals surface area contributed by atoms with E-state index >= 15 is 0 Å². The third-order valence-corrected chi connectivity index (χ3v) is 13.6. The van der Waals surface area contributed by atoms with Crippen LogP contribution >= 0.6 is 0 Å². The predicted octanol–water partition coefficient (Wildman–Crippen LogP) is 6.71. The fourth-order valence-electron chi connectivity index (χ4n) is 11.2. The SMILES string of the molecule is CO[C@H]1C[C@]2(C)[C@H]3CC=C4[C@@H]5[C@@H](C)[C@H](C)CC[C@]5(C(=O)O)CC[C@@]4(C)[C@]3(C)CC[C@H]2C(C)(C)[C@@H]1O. The molecule has 5 aliphatic rings. The lowest BCUT2D eigenvalue weighted by Crippen LogP contribution is -2.67. The van der Waals surface area contributed by atoms with Gasteiger partial charge in [0.1, 0.15) is 0 Å². The number of allylic oxidation sites excluding steroid dienone is 2. The summed E-state index contributed by atoms with van der Waals surface area (Å²) in [5.41, 5.74) is 0.974. The summed E-state index contributed by atoms with van der Waals surface area (Å²) in [6.07, 6.45) is 9.86. The molecule has 0 aromatic rings. The first-order valence-electron chi connectivity index (χ1n) is 14.4. The molecule has 35 heavy (non-hydrogen) atoms. The van der Waals surface area contributed by atoms with Gasteiger partial charge in [-0.15, -0.1) is 0 Å². The molecule has 4 heteroatoms. The third kappa shape index (κ3) is 3.02. The number of aliphatic hydroxyl groups excluding tert-OH is 1. The Kier molecular flexibility index (Phi) is 5.76. The molecule has 0 aliphatic heterocycles. The van der Waals surface area contributed by atoms with E-state index in [-0.39, 0.29) is 33.7 Å². The maximum absolute atomic E-state index is 12.8. The van der Waals surface area contributed by atoms with Crippen LogP contribution in [0, 0.1) is 56.7 Å². The number of ether oxygens (including phenoxy) is 1. The largest absolute Gasteiger partial charge is 0.481 e. The predicted molar refractivity (Wildman–Crippen MR) is 139 cm³/mol. The average Bonchev–Trinajstić information content (AvgIpc) is 2.79. The van der Waals surface area contributed by atoms with Crippen molar-refractivity contribution in [3.05, 3.63) is 11.6 Å². The maximum atomic E-state index is 12.8. The fourth-order valence-corrected chi connectivity index (χ4v) is 11.2. The second kappa shape index (κ2) is 7.82. The van der Waals surface area contributed by atoms with Crippen molar-refractivity contribution in [3.8, 4) is 0 Å². The summed E-state index contributed by atoms with van der Waals surface area (Å²) in [5, 5.41) is 21.8. The number of aliphatic hydroxyl groups is 1. The highest BCUT2D eigenvalue weighted by atomic mass is 16.5. The van der Waals surface area contributed by atoms with Gasteiger partial charge in [0, 0.05) is 7.11 Å². The Morgan fingerprint density at radius 1 is 1.00 bits per heavy atom. The van der Waals surface area contributed by atoms with Gasteiger partial charge in [-0.05, 0) is 103 Å². The van der Waals surface area contributed by atoms with Crippen molar-refractivity contribution in [1.29, 1.82) is 0 Å². The van der Waals surface area contributed by atoms with E-state index < -0.39 is 17.5 Å². The standard InChI is InChI=1S/C31H50O4/c1-18-11-14-31(26(33)34)16-15-29(6)20(24(31)19(18)2)9-10-23-28(5)17-21(35-8)25(32)27(3,4)22(28)12-13-30(23,29)7/h9,18-19,21-25,32H,10-17H2,1-8H3,(H,33,34)/t18-,19+,21+,22+,23-,24+,25-,28+,29-,30-,31+/m1/s1. The van der Waals surface area contributed by atoms with Crippen molar-refractivity contribution in [2.24, 2.45) is 56.7 Å². The molecule has 4 nitrogen and oxygen atoms in total. The fraction of sp³-hybridized carbons (Fsp3) is 0.903. The first kappa shape index (κ1) is 25.8. The Morgan fingerprint density at radius 3 is 2.31 bits per heavy atom. The van der Waals surface area contributed by atoms with Crippen molar-refractivity contribution in [2.45, 2.75) is 112 Å². The molecule has 0 saturated heterocycles. The molecular weight excluding hydrogens is 436 g/mol. The van der Waals surface area contributed by atoms with E-state index in [9.17, 15) is 15.0 Å². The highest BCUT2D eigenvalue weighted by Crippen LogP contribution is 2.75. The number of fused-ring (bicyclic) bond motifs is 7. The quantitative estimate of drug-likeness (QED) is 0.426. The van der Waals surface area contributed by atoms with Gasteiger partial charge < -0.3 is 14.9 Å². The van der Waals surface area contributed by atoms with E-state index in [1.54, 1.807) is 7.11 Å². The van der Waals surface area contributed by atoms with Crippen molar-refractivity contribution < 1.29 is 19.7 Å². The van der Waals surface area contributed by atoms with Gasteiger partial charge in [-0.25, -0.2) is 0 Å². The summed E-state index contributed by atoms with van der Waals surface area (Å²) >= 11 is 0. The zero-order valence-electron chi connectivity index (χ0n) is 23.5. The van der Waals surface area contributed by atoms with Gasteiger partial charge in [0.15, 0.2) is 0 Å². The van der Waals surface area contributed by atoms with E-state index in [0.29, 0.717) is 23.7 Å². The van der Waals surface area contributed by atoms with Crippen molar-refractivity contribution >= 4 is 5.97 Å². The zero-order valence-corrected chi connectivity index (χ0v) is 23.5. The molecular formula is C31H50O4. The minimum Gasteiger partial charge on any atom is -0.481 e. The molecule has 0 spiro atoms. The first-order chi connectivity index (χ1) is 16.2. The lowest BCUT2D eigenvalue weighted by molar-refractivity contribution is -0.236. The molecule has 0 radical (unpaired) electrons. The minimum absolute atomic E-state index is 0.0294. The first-order valence-corrected chi connectivity index (χ1v) is 14.4. The van der Waals surface area contributed by atoms with E-state index in [1.807, 2.05) is 0 Å². The van der Waals surface area contributed by atoms with Crippen LogP contribution in [0.1, 0.15) is 99.8 Å². The highest BCUT2D eigenvalue weighted by Gasteiger charge is 2.70. The Balaban J connectivity index is 1.62. The van der Waals surface area contributed by atoms with Crippen LogP contribution in [0.2, 0.25) is 0 Å². The lowest BCUT2D eigenvalue weighted by Gasteiger charge is -2.71. The Morgan fingerprint density at radius 2 is 1.69 bits per heavy atom. The van der Waals surface area contributed by atoms with Crippen LogP contribution in [0.4, 0.5) is 0 Å². The second-order valence-electron chi connectivity index (χ2n) is 14.9. The molecule has 0 aromatic heterocycles. The summed E-state index contributed by atoms with van der Waals surface area (Å²) in [5.74, 6) is 1.54. The van der Waals surface area contributed by atoms with Crippen LogP contribution in [-0.4, -0.2) is 35.5 Å². The number of methoxy groups -OCH3 is 1. The molecule has 5 rings (SSSR count). The molecule has 0 unspecified atom stereocenters. The van der Waals surface area contributed by atoms with Crippen LogP contribution in [0.5, 0.6) is 0 Å². The van der Waals surface area contributed by atoms with E-state index in [2.05, 4.69) is 54.5 Å². The van der Waals surface area contributed by atoms with Gasteiger partial charge >= 0.3 is 5.97 Å². The topological polar surface area (TPSA) is 66.8 Å². The Hall–Kier alpha value is -0.870. The summed E-state index contributed by atoms with van der Waals surface area (Å²) in [6, 6.07) is 0. The molecule has 0 amide bonds. The number of aliphatic carboxylic acids is 1. The summed E-state index contributed by atoms with van der Waals surface area (Å²) in [7, 11) is 1.76. The number of carboxylic acids is 1. The summed E-state index contributed by atoms with van der Waals surface area (Å²) < 4.78 is 5.90. The molecule has 0 heterocycles. The second-order valence-corrected chi connectivity index (χ2v) is 14.9. The van der Waals surface area contributed by atoms with Gasteiger partial charge in [-0.3, -0.25) is 4.79 Å². The average molecular weight is 487 g/mol. The number of hydrogen-bond donors (Lipinski definition) is 2. The monoisotopic (exact) mass is 486 g/mol. The smallest absolute Gasteiger partial charge is 0.310 e. The molecule has 0 bridgehead atoms. The third-order valence-electron chi connectivity index (χ3n) is 13.6. The molecule has 11 atom stereocenters. The van der Waals surface area contributed by atoms with Gasteiger partial charge in [0.05, 0.1) is 17.6 Å². The molecule has 2 N–H and O–H groups in total. The van der Waals surface area contributed by atoms with Gasteiger partial charge in [-0.2, -0.15) is 0 Å². The van der Waals surface area contributed by atoms with Crippen molar-refractivity contribution in [1.82, 2.24) is 0 Å². The van der Waals surface area contributed by atoms with E-state index in [4.69, 9.17) is 4.74 Å². The number of carboxylic acid groups (broad SMARTS) is 1. The van der Waals surface area contributed by atoms with Gasteiger partial charge in [-0.1, -0.05) is 60.1 Å². The number of hydrogen-bond acceptors (Lipinski definition) is 3. The number of rotatable bonds is 2. The zero-order chi connectivity index (χ0) is 25.8. The van der Waals surface area contributed by atoms with Crippen LogP contribution in [-0.2, 0) is 9.53 Å². The minimum atomic E-state index is -0.584. The van der Waals surface area contributed by atoms with E-state index in [1.165, 1.54) is 5.57 Å². The lowest BCUT2D eigenvalue weighted by atomic mass is 9.33. The van der Waals surface area contributed by atoms with Crippen molar-refractivity contribution in [2.75, 3.05) is 7.11 Å². The molecule has 4 fully saturated rings. The van der Waals surface area contributed by atoms with Gasteiger partial charge in [0.25, 0.3) is 0 Å². The van der Waals surface area contributed by atoms with Crippen LogP contribution in [0.3, 0.4) is 0 Å². The molecule has 4 saturated carbocycles. The summed E-state index contributed by atoms with van der Waals surface area (Å²) in [6.45, 7) is 16.7. The molecule has 0 aromatic carbocycles. The van der Waals surface area contributed by atoms with Gasteiger partial charge in [0.2, 0.25) is 0 Å². The normalized spacial score (nSPS) is 55.0. The highest BCUT2D eigenvalue weighted by molar-refractivity contribution is 5.76. The Bertz CT molecular complexity index is 923. The van der Waals surface area contributed by atoms with Crippen LogP contribution < -0.4 is 0 Å². The molecule has 5 aliphatic carbocycles. The van der Waals surface area contributed by atoms with Crippen LogP contribution in [0.15, 0.2) is 11.6 Å².